The van der Waals surface area contributed by atoms with Crippen LogP contribution >= 0.6 is 0 Å². The number of fused-ring (bicyclic) bond motifs is 1. The second-order valence-electron chi connectivity index (χ2n) is 8.81. The maximum Gasteiger partial charge on any atom is 0.128 e. The van der Waals surface area contributed by atoms with E-state index in [1.54, 1.807) is 22.5 Å². The molecule has 0 bridgehead atoms. The number of methoxy groups -OCH3 is 1. The van der Waals surface area contributed by atoms with Gasteiger partial charge in [-0.2, -0.15) is 15.5 Å². The van der Waals surface area contributed by atoms with E-state index in [-0.39, 0.29) is 0 Å². The SMILES string of the molecule is COC[C@H](O)CN1CCN(c2ccc(-c3cc(-c4cnn(C)c4)cn4ncc(C#N)c34)cn2)CC1. The highest BCUT2D eigenvalue weighted by Gasteiger charge is 2.21. The average Bonchev–Trinajstić information content (AvgIpc) is 3.50. The Balaban J connectivity index is 1.39. The Kier molecular flexibility index (Phi) is 6.46. The molecule has 0 aliphatic carbocycles. The van der Waals surface area contributed by atoms with E-state index in [2.05, 4.69) is 32.1 Å². The normalized spacial score (nSPS) is 15.4. The molecule has 1 saturated heterocycles. The van der Waals surface area contributed by atoms with E-state index in [0.29, 0.717) is 18.7 Å². The fourth-order valence-corrected chi connectivity index (χ4v) is 4.59. The molecule has 1 fully saturated rings. The van der Waals surface area contributed by atoms with Crippen molar-refractivity contribution in [2.45, 2.75) is 6.10 Å². The molecule has 0 unspecified atom stereocenters. The van der Waals surface area contributed by atoms with Crippen LogP contribution in [0.2, 0.25) is 0 Å². The maximum atomic E-state index is 9.99. The summed E-state index contributed by atoms with van der Waals surface area (Å²) >= 11 is 0. The minimum Gasteiger partial charge on any atom is -0.389 e. The zero-order valence-corrected chi connectivity index (χ0v) is 19.9. The van der Waals surface area contributed by atoms with Crippen molar-refractivity contribution in [3.63, 3.8) is 0 Å². The van der Waals surface area contributed by atoms with Gasteiger partial charge in [0.15, 0.2) is 0 Å². The van der Waals surface area contributed by atoms with Gasteiger partial charge in [-0.05, 0) is 18.2 Å². The molecule has 10 heteroatoms. The second-order valence-corrected chi connectivity index (χ2v) is 8.81. The molecule has 10 nitrogen and oxygen atoms in total. The van der Waals surface area contributed by atoms with Gasteiger partial charge < -0.3 is 14.7 Å². The Morgan fingerprint density at radius 1 is 1.06 bits per heavy atom. The van der Waals surface area contributed by atoms with Crippen LogP contribution in [0.3, 0.4) is 0 Å². The standard InChI is InChI=1S/C25H28N8O2/c1-30-14-21(13-28-30)19-9-23(25-20(10-26)12-29-33(25)15-19)18-3-4-24(27-11-18)32-7-5-31(6-8-32)16-22(34)17-35-2/h3-4,9,11-15,22,34H,5-8,16-17H2,1-2H3/t22-/m1/s1. The lowest BCUT2D eigenvalue weighted by molar-refractivity contribution is 0.0365. The third-order valence-electron chi connectivity index (χ3n) is 6.35. The molecule has 180 valence electrons. The first-order valence-corrected chi connectivity index (χ1v) is 11.6. The highest BCUT2D eigenvalue weighted by Crippen LogP contribution is 2.32. The number of nitrogens with zero attached hydrogens (tertiary/aromatic N) is 8. The number of hydrogen-bond donors (Lipinski definition) is 1. The van der Waals surface area contributed by atoms with Gasteiger partial charge in [-0.1, -0.05) is 0 Å². The molecular formula is C25H28N8O2. The number of aryl methyl sites for hydroxylation is 1. The highest BCUT2D eigenvalue weighted by atomic mass is 16.5. The predicted octanol–water partition coefficient (Wildman–Crippen LogP) is 1.80. The van der Waals surface area contributed by atoms with Crippen LogP contribution in [-0.4, -0.2) is 86.9 Å². The zero-order valence-electron chi connectivity index (χ0n) is 19.9. The number of β-amino-alcohol motifs (C(OH)–C–C–N with tert-alkyl or cyclic N) is 1. The van der Waals surface area contributed by atoms with Crippen molar-refractivity contribution in [3.05, 3.63) is 54.7 Å². The fraction of sp³-hybridized carbons (Fsp3) is 0.360. The van der Waals surface area contributed by atoms with E-state index in [1.165, 1.54) is 0 Å². The lowest BCUT2D eigenvalue weighted by atomic mass is 10.0. The van der Waals surface area contributed by atoms with Crippen LogP contribution in [0.5, 0.6) is 0 Å². The number of pyridine rings is 2. The van der Waals surface area contributed by atoms with Gasteiger partial charge in [-0.25, -0.2) is 9.50 Å². The van der Waals surface area contributed by atoms with E-state index in [4.69, 9.17) is 9.72 Å². The van der Waals surface area contributed by atoms with Crippen LogP contribution in [0.4, 0.5) is 5.82 Å². The van der Waals surface area contributed by atoms with Gasteiger partial charge in [-0.15, -0.1) is 0 Å². The third kappa shape index (κ3) is 4.74. The Labute approximate surface area is 203 Å². The van der Waals surface area contributed by atoms with Crippen molar-refractivity contribution >= 4 is 11.3 Å². The Bertz CT molecular complexity index is 1350. The van der Waals surface area contributed by atoms with Crippen molar-refractivity contribution in [1.29, 1.82) is 5.26 Å². The molecule has 0 aromatic carbocycles. The molecule has 1 aliphatic heterocycles. The van der Waals surface area contributed by atoms with Gasteiger partial charge in [-0.3, -0.25) is 9.58 Å². The van der Waals surface area contributed by atoms with Crippen LogP contribution in [-0.2, 0) is 11.8 Å². The van der Waals surface area contributed by atoms with Crippen molar-refractivity contribution in [3.8, 4) is 28.3 Å². The van der Waals surface area contributed by atoms with Crippen LogP contribution in [0.1, 0.15) is 5.56 Å². The zero-order chi connectivity index (χ0) is 24.4. The molecule has 1 aliphatic rings. The lowest BCUT2D eigenvalue weighted by Gasteiger charge is -2.36. The number of piperazine rings is 1. The van der Waals surface area contributed by atoms with Crippen molar-refractivity contribution in [2.75, 3.05) is 51.3 Å². The smallest absolute Gasteiger partial charge is 0.128 e. The highest BCUT2D eigenvalue weighted by molar-refractivity contribution is 5.87. The topological polar surface area (TPSA) is 108 Å². The Morgan fingerprint density at radius 3 is 2.54 bits per heavy atom. The van der Waals surface area contributed by atoms with Crippen LogP contribution in [0, 0.1) is 11.3 Å². The number of hydrogen-bond acceptors (Lipinski definition) is 8. The molecule has 0 saturated carbocycles. The predicted molar refractivity (Wildman–Crippen MR) is 132 cm³/mol. The minimum atomic E-state index is -0.468. The third-order valence-corrected chi connectivity index (χ3v) is 6.35. The van der Waals surface area contributed by atoms with Gasteiger partial charge in [0, 0.05) is 87.7 Å². The molecular weight excluding hydrogens is 444 g/mol. The van der Waals surface area contributed by atoms with Crippen LogP contribution in [0.15, 0.2) is 49.2 Å². The number of aromatic nitrogens is 5. The summed E-state index contributed by atoms with van der Waals surface area (Å²) in [5, 5.41) is 28.3. The van der Waals surface area contributed by atoms with Crippen LogP contribution in [0.25, 0.3) is 27.8 Å². The van der Waals surface area contributed by atoms with E-state index in [1.807, 2.05) is 44.0 Å². The molecule has 0 amide bonds. The molecule has 5 heterocycles. The van der Waals surface area contributed by atoms with Gasteiger partial charge in [0.05, 0.1) is 36.2 Å². The van der Waals surface area contributed by atoms with Gasteiger partial charge in [0.1, 0.15) is 11.9 Å². The van der Waals surface area contributed by atoms with Gasteiger partial charge >= 0.3 is 0 Å². The lowest BCUT2D eigenvalue weighted by Crippen LogP contribution is -2.49. The molecule has 4 aromatic heterocycles. The summed E-state index contributed by atoms with van der Waals surface area (Å²) < 4.78 is 8.54. The van der Waals surface area contributed by atoms with Crippen molar-refractivity contribution < 1.29 is 9.84 Å². The molecule has 4 aromatic rings. The monoisotopic (exact) mass is 472 g/mol. The van der Waals surface area contributed by atoms with Gasteiger partial charge in [0.2, 0.25) is 0 Å². The van der Waals surface area contributed by atoms with Crippen molar-refractivity contribution in [1.82, 2.24) is 29.3 Å². The minimum absolute atomic E-state index is 0.350. The molecule has 1 N–H and O–H groups in total. The molecule has 1 atom stereocenters. The molecule has 0 spiro atoms. The number of ether oxygens (including phenoxy) is 1. The number of aliphatic hydroxyl groups excluding tert-OH is 1. The first-order chi connectivity index (χ1) is 17.1. The first kappa shape index (κ1) is 23.0. The first-order valence-electron chi connectivity index (χ1n) is 11.6. The molecule has 5 rings (SSSR count). The maximum absolute atomic E-state index is 9.99. The van der Waals surface area contributed by atoms with Gasteiger partial charge in [0.25, 0.3) is 0 Å². The quantitative estimate of drug-likeness (QED) is 0.434. The summed E-state index contributed by atoms with van der Waals surface area (Å²) in [6, 6.07) is 8.40. The van der Waals surface area contributed by atoms with E-state index in [9.17, 15) is 10.4 Å². The number of rotatable bonds is 7. The average molecular weight is 473 g/mol. The summed E-state index contributed by atoms with van der Waals surface area (Å²) in [7, 11) is 3.49. The number of nitriles is 1. The van der Waals surface area contributed by atoms with Crippen LogP contribution < -0.4 is 4.90 Å². The summed E-state index contributed by atoms with van der Waals surface area (Å²) in [5.74, 6) is 0.916. The Hall–Kier alpha value is -3.78. The largest absolute Gasteiger partial charge is 0.389 e. The fourth-order valence-electron chi connectivity index (χ4n) is 4.59. The summed E-state index contributed by atoms with van der Waals surface area (Å²) in [6.07, 6.45) is 8.67. The van der Waals surface area contributed by atoms with E-state index < -0.39 is 6.10 Å². The summed E-state index contributed by atoms with van der Waals surface area (Å²) in [4.78, 5) is 9.26. The number of aliphatic hydroxyl groups is 1. The van der Waals surface area contributed by atoms with E-state index >= 15 is 0 Å². The van der Waals surface area contributed by atoms with E-state index in [0.717, 1.165) is 59.8 Å². The summed E-state index contributed by atoms with van der Waals surface area (Å²) in [6.45, 7) is 4.37. The Morgan fingerprint density at radius 2 is 1.89 bits per heavy atom. The van der Waals surface area contributed by atoms with Crippen molar-refractivity contribution in [2.24, 2.45) is 7.05 Å². The summed E-state index contributed by atoms with van der Waals surface area (Å²) in [5.41, 5.74) is 5.04. The molecule has 35 heavy (non-hydrogen) atoms. The molecule has 0 radical (unpaired) electrons. The number of anilines is 1. The second kappa shape index (κ2) is 9.84.